The maximum absolute atomic E-state index is 6.63. The molecule has 1 aromatic heterocycles. The van der Waals surface area contributed by atoms with Crippen LogP contribution in [0.25, 0.3) is 0 Å². The molecule has 2 aromatic rings. The molecule has 1 atom stereocenters. The molecule has 1 aromatic carbocycles. The standard InChI is InChI=1S/C18H20ClN3/c19-15-5-1-3-13-6-7-14-4-2-8-21-17(14)18(16(13)15)22-11-9-20-10-12-22/h1-5,8,18,20H,6-7,9-12H2. The fraction of sp³-hybridized carbons (Fsp3) is 0.389. The summed E-state index contributed by atoms with van der Waals surface area (Å²) < 4.78 is 0. The van der Waals surface area contributed by atoms with Gasteiger partial charge in [0.15, 0.2) is 0 Å². The molecule has 0 bridgehead atoms. The molecule has 2 heterocycles. The Kier molecular flexibility index (Phi) is 3.87. The predicted octanol–water partition coefficient (Wildman–Crippen LogP) is 2.83. The van der Waals surface area contributed by atoms with Gasteiger partial charge in [0.25, 0.3) is 0 Å². The molecule has 0 saturated carbocycles. The van der Waals surface area contributed by atoms with Gasteiger partial charge in [-0.3, -0.25) is 9.88 Å². The number of aromatic nitrogens is 1. The van der Waals surface area contributed by atoms with Crippen molar-refractivity contribution < 1.29 is 0 Å². The largest absolute Gasteiger partial charge is 0.314 e. The molecule has 114 valence electrons. The molecule has 1 saturated heterocycles. The Hall–Kier alpha value is -1.42. The highest BCUT2D eigenvalue weighted by molar-refractivity contribution is 6.31. The number of benzene rings is 1. The number of rotatable bonds is 1. The van der Waals surface area contributed by atoms with Gasteiger partial charge >= 0.3 is 0 Å². The van der Waals surface area contributed by atoms with E-state index < -0.39 is 0 Å². The summed E-state index contributed by atoms with van der Waals surface area (Å²) in [6, 6.07) is 10.8. The molecule has 4 heteroatoms. The predicted molar refractivity (Wildman–Crippen MR) is 89.4 cm³/mol. The number of hydrogen-bond donors (Lipinski definition) is 1. The zero-order valence-corrected chi connectivity index (χ0v) is 13.3. The first-order valence-corrected chi connectivity index (χ1v) is 8.38. The molecule has 1 unspecified atom stereocenters. The molecule has 4 rings (SSSR count). The van der Waals surface area contributed by atoms with E-state index in [1.807, 2.05) is 18.3 Å². The number of pyridine rings is 1. The van der Waals surface area contributed by atoms with Crippen molar-refractivity contribution in [2.75, 3.05) is 26.2 Å². The van der Waals surface area contributed by atoms with E-state index in [1.54, 1.807) is 0 Å². The van der Waals surface area contributed by atoms with E-state index in [4.69, 9.17) is 16.6 Å². The van der Waals surface area contributed by atoms with Crippen LogP contribution in [0.5, 0.6) is 0 Å². The molecule has 1 aliphatic carbocycles. The van der Waals surface area contributed by atoms with Crippen LogP contribution < -0.4 is 5.32 Å². The van der Waals surface area contributed by atoms with Gasteiger partial charge in [-0.2, -0.15) is 0 Å². The van der Waals surface area contributed by atoms with Crippen LogP contribution in [0.4, 0.5) is 0 Å². The summed E-state index contributed by atoms with van der Waals surface area (Å²) in [7, 11) is 0. The van der Waals surface area contributed by atoms with E-state index in [0.29, 0.717) is 0 Å². The van der Waals surface area contributed by atoms with Gasteiger partial charge in [-0.25, -0.2) is 0 Å². The molecule has 3 nitrogen and oxygen atoms in total. The quantitative estimate of drug-likeness (QED) is 0.877. The van der Waals surface area contributed by atoms with E-state index in [-0.39, 0.29) is 6.04 Å². The SMILES string of the molecule is Clc1cccc2c1C(N1CCNCC1)c1ncccc1CC2. The zero-order valence-electron chi connectivity index (χ0n) is 12.6. The van der Waals surface area contributed by atoms with Gasteiger partial charge in [0.2, 0.25) is 0 Å². The molecule has 1 fully saturated rings. The van der Waals surface area contributed by atoms with Crippen LogP contribution >= 0.6 is 11.6 Å². The number of halogens is 1. The Morgan fingerprint density at radius 2 is 1.82 bits per heavy atom. The second-order valence-electron chi connectivity index (χ2n) is 6.05. The van der Waals surface area contributed by atoms with Crippen molar-refractivity contribution in [3.8, 4) is 0 Å². The van der Waals surface area contributed by atoms with Crippen LogP contribution in [-0.2, 0) is 12.8 Å². The first kappa shape index (κ1) is 14.2. The van der Waals surface area contributed by atoms with Gasteiger partial charge in [0, 0.05) is 37.4 Å². The number of aryl methyl sites for hydroxylation is 2. The van der Waals surface area contributed by atoms with E-state index in [0.717, 1.165) is 44.0 Å². The van der Waals surface area contributed by atoms with Crippen molar-refractivity contribution in [2.24, 2.45) is 0 Å². The average molecular weight is 314 g/mol. The first-order chi connectivity index (χ1) is 10.8. The lowest BCUT2D eigenvalue weighted by Gasteiger charge is -2.36. The van der Waals surface area contributed by atoms with Crippen LogP contribution in [0.1, 0.15) is 28.4 Å². The summed E-state index contributed by atoms with van der Waals surface area (Å²) in [5.41, 5.74) is 5.19. The summed E-state index contributed by atoms with van der Waals surface area (Å²) in [6.45, 7) is 4.12. The van der Waals surface area contributed by atoms with Crippen LogP contribution in [0.2, 0.25) is 5.02 Å². The molecule has 0 radical (unpaired) electrons. The van der Waals surface area contributed by atoms with Crippen molar-refractivity contribution in [3.63, 3.8) is 0 Å². The Morgan fingerprint density at radius 3 is 2.68 bits per heavy atom. The van der Waals surface area contributed by atoms with Crippen molar-refractivity contribution in [1.82, 2.24) is 15.2 Å². The molecule has 1 N–H and O–H groups in total. The second-order valence-corrected chi connectivity index (χ2v) is 6.46. The highest BCUT2D eigenvalue weighted by Crippen LogP contribution is 2.39. The highest BCUT2D eigenvalue weighted by atomic mass is 35.5. The Labute approximate surface area is 136 Å². The Morgan fingerprint density at radius 1 is 1.05 bits per heavy atom. The second kappa shape index (κ2) is 5.99. The van der Waals surface area contributed by atoms with Crippen LogP contribution in [0.3, 0.4) is 0 Å². The van der Waals surface area contributed by atoms with Gasteiger partial charge in [-0.1, -0.05) is 29.8 Å². The molecule has 1 aliphatic heterocycles. The van der Waals surface area contributed by atoms with Gasteiger partial charge < -0.3 is 5.32 Å². The highest BCUT2D eigenvalue weighted by Gasteiger charge is 2.32. The molecule has 0 amide bonds. The Balaban J connectivity index is 1.89. The first-order valence-electron chi connectivity index (χ1n) is 8.00. The number of nitrogens with one attached hydrogen (secondary N) is 1. The van der Waals surface area contributed by atoms with E-state index in [2.05, 4.69) is 28.4 Å². The van der Waals surface area contributed by atoms with Crippen molar-refractivity contribution >= 4 is 11.6 Å². The van der Waals surface area contributed by atoms with Crippen LogP contribution in [0.15, 0.2) is 36.5 Å². The third-order valence-electron chi connectivity index (χ3n) is 4.78. The molecule has 0 spiro atoms. The van der Waals surface area contributed by atoms with Crippen LogP contribution in [0, 0.1) is 0 Å². The molecule has 22 heavy (non-hydrogen) atoms. The van der Waals surface area contributed by atoms with Crippen molar-refractivity contribution in [2.45, 2.75) is 18.9 Å². The minimum absolute atomic E-state index is 0.185. The lowest BCUT2D eigenvalue weighted by atomic mass is 9.96. The molecular formula is C18H20ClN3. The third kappa shape index (κ3) is 2.43. The summed E-state index contributed by atoms with van der Waals surface area (Å²) in [4.78, 5) is 7.28. The minimum atomic E-state index is 0.185. The van der Waals surface area contributed by atoms with Crippen molar-refractivity contribution in [3.05, 3.63) is 63.9 Å². The summed E-state index contributed by atoms with van der Waals surface area (Å²) >= 11 is 6.63. The average Bonchev–Trinajstić information content (AvgIpc) is 2.74. The fourth-order valence-corrected chi connectivity index (χ4v) is 4.01. The third-order valence-corrected chi connectivity index (χ3v) is 5.11. The smallest absolute Gasteiger partial charge is 0.0797 e. The van der Waals surface area contributed by atoms with Gasteiger partial charge in [0.1, 0.15) is 0 Å². The fourth-order valence-electron chi connectivity index (χ4n) is 3.72. The Bertz CT molecular complexity index is 680. The van der Waals surface area contributed by atoms with Crippen LogP contribution in [-0.4, -0.2) is 36.1 Å². The van der Waals surface area contributed by atoms with Crippen molar-refractivity contribution in [1.29, 1.82) is 0 Å². The lowest BCUT2D eigenvalue weighted by molar-refractivity contribution is 0.195. The molecular weight excluding hydrogens is 294 g/mol. The van der Waals surface area contributed by atoms with Gasteiger partial charge in [0.05, 0.1) is 11.7 Å². The normalized spacial score (nSPS) is 21.8. The molecule has 2 aliphatic rings. The van der Waals surface area contributed by atoms with Gasteiger partial charge in [-0.05, 0) is 41.7 Å². The topological polar surface area (TPSA) is 28.2 Å². The number of hydrogen-bond acceptors (Lipinski definition) is 3. The maximum Gasteiger partial charge on any atom is 0.0797 e. The van der Waals surface area contributed by atoms with E-state index >= 15 is 0 Å². The monoisotopic (exact) mass is 313 g/mol. The van der Waals surface area contributed by atoms with Gasteiger partial charge in [-0.15, -0.1) is 0 Å². The summed E-state index contributed by atoms with van der Waals surface area (Å²) in [5, 5.41) is 4.31. The minimum Gasteiger partial charge on any atom is -0.314 e. The lowest BCUT2D eigenvalue weighted by Crippen LogP contribution is -2.45. The maximum atomic E-state index is 6.63. The summed E-state index contributed by atoms with van der Waals surface area (Å²) in [6.07, 6.45) is 3.99. The number of piperazine rings is 1. The number of fused-ring (bicyclic) bond motifs is 2. The number of nitrogens with zero attached hydrogens (tertiary/aromatic N) is 2. The van der Waals surface area contributed by atoms with E-state index in [9.17, 15) is 0 Å². The zero-order chi connectivity index (χ0) is 14.9. The summed E-state index contributed by atoms with van der Waals surface area (Å²) in [5.74, 6) is 0. The van der Waals surface area contributed by atoms with E-state index in [1.165, 1.54) is 22.4 Å².